The van der Waals surface area contributed by atoms with Crippen LogP contribution in [0.15, 0.2) is 52.9 Å². The molecule has 32 heavy (non-hydrogen) atoms. The van der Waals surface area contributed by atoms with E-state index in [-0.39, 0.29) is 17.9 Å². The summed E-state index contributed by atoms with van der Waals surface area (Å²) in [7, 11) is 0. The molecule has 0 saturated heterocycles. The van der Waals surface area contributed by atoms with E-state index in [2.05, 4.69) is 4.98 Å². The van der Waals surface area contributed by atoms with Crippen molar-refractivity contribution in [3.05, 3.63) is 59.7 Å². The summed E-state index contributed by atoms with van der Waals surface area (Å²) in [5.74, 6) is -3.36. The summed E-state index contributed by atoms with van der Waals surface area (Å²) in [6, 6.07) is 13.8. The summed E-state index contributed by atoms with van der Waals surface area (Å²) in [6.07, 6.45) is -0.153. The fourth-order valence-electron chi connectivity index (χ4n) is 3.43. The Morgan fingerprint density at radius 1 is 1.03 bits per heavy atom. The second kappa shape index (κ2) is 10.6. The van der Waals surface area contributed by atoms with Crippen LogP contribution in [-0.2, 0) is 9.59 Å². The molecule has 0 aliphatic carbocycles. The fourth-order valence-corrected chi connectivity index (χ4v) is 5.93. The number of carbonyl (C=O) groups excluding carboxylic acids is 1. The molecule has 0 aliphatic heterocycles. The molecule has 2 aromatic carbocycles. The van der Waals surface area contributed by atoms with E-state index in [1.54, 1.807) is 17.0 Å². The number of amides is 1. The minimum absolute atomic E-state index is 0.114. The third-order valence-electron chi connectivity index (χ3n) is 5.18. The number of para-hydroxylation sites is 1. The molecule has 168 valence electrons. The van der Waals surface area contributed by atoms with Gasteiger partial charge in [-0.05, 0) is 43.7 Å². The first-order chi connectivity index (χ1) is 15.3. The molecule has 1 amide bonds. The third-order valence-corrected chi connectivity index (χ3v) is 7.70. The molecule has 1 aromatic heterocycles. The molecular weight excluding hydrogens is 448 g/mol. The Bertz CT molecular complexity index is 1080. The van der Waals surface area contributed by atoms with Crippen molar-refractivity contribution in [2.24, 2.45) is 5.92 Å². The van der Waals surface area contributed by atoms with Gasteiger partial charge in [-0.15, -0.1) is 11.3 Å². The van der Waals surface area contributed by atoms with Crippen molar-refractivity contribution in [2.75, 3.05) is 13.1 Å². The maximum atomic E-state index is 12.8. The maximum Gasteiger partial charge on any atom is 0.335 e. The molecule has 0 bridgehead atoms. The van der Waals surface area contributed by atoms with E-state index < -0.39 is 23.1 Å². The zero-order valence-electron chi connectivity index (χ0n) is 17.7. The van der Waals surface area contributed by atoms with E-state index in [0.717, 1.165) is 10.2 Å². The molecule has 2 N–H and O–H groups in total. The Hall–Kier alpha value is -2.91. The highest BCUT2D eigenvalue weighted by Crippen LogP contribution is 2.45. The van der Waals surface area contributed by atoms with Gasteiger partial charge in [-0.2, -0.15) is 0 Å². The van der Waals surface area contributed by atoms with E-state index in [9.17, 15) is 24.6 Å². The number of thioether (sulfide) groups is 1. The van der Waals surface area contributed by atoms with Gasteiger partial charge in [0.05, 0.1) is 26.9 Å². The SMILES string of the molecule is CCN(CC)C(=O)CC(C(=O)O)C(Sc1nc2ccccc2s1)c1ccc(C(=O)O)cc1. The van der Waals surface area contributed by atoms with Gasteiger partial charge in [0.1, 0.15) is 0 Å². The molecule has 7 nitrogen and oxygen atoms in total. The number of hydrogen-bond donors (Lipinski definition) is 2. The molecule has 2 atom stereocenters. The van der Waals surface area contributed by atoms with Crippen LogP contribution in [0.25, 0.3) is 10.2 Å². The highest BCUT2D eigenvalue weighted by atomic mass is 32.2. The Labute approximate surface area is 194 Å². The quantitative estimate of drug-likeness (QED) is 0.409. The van der Waals surface area contributed by atoms with Crippen LogP contribution in [0.5, 0.6) is 0 Å². The van der Waals surface area contributed by atoms with Crippen LogP contribution in [0.4, 0.5) is 0 Å². The highest BCUT2D eigenvalue weighted by Gasteiger charge is 2.34. The number of fused-ring (bicyclic) bond motifs is 1. The smallest absolute Gasteiger partial charge is 0.335 e. The first-order valence-electron chi connectivity index (χ1n) is 10.2. The van der Waals surface area contributed by atoms with Crippen LogP contribution >= 0.6 is 23.1 Å². The van der Waals surface area contributed by atoms with Gasteiger partial charge < -0.3 is 15.1 Å². The first-order valence-corrected chi connectivity index (χ1v) is 11.9. The lowest BCUT2D eigenvalue weighted by Gasteiger charge is -2.26. The number of benzene rings is 2. The highest BCUT2D eigenvalue weighted by molar-refractivity contribution is 8.01. The number of aromatic nitrogens is 1. The predicted octanol–water partition coefficient (Wildman–Crippen LogP) is 4.79. The number of nitrogens with zero attached hydrogens (tertiary/aromatic N) is 2. The summed E-state index contributed by atoms with van der Waals surface area (Å²) in [5, 5.41) is 18.6. The van der Waals surface area contributed by atoms with Gasteiger partial charge in [-0.1, -0.05) is 36.0 Å². The van der Waals surface area contributed by atoms with Crippen LogP contribution in [0.2, 0.25) is 0 Å². The van der Waals surface area contributed by atoms with E-state index in [1.165, 1.54) is 35.2 Å². The summed E-state index contributed by atoms with van der Waals surface area (Å²) < 4.78 is 1.68. The van der Waals surface area contributed by atoms with E-state index in [0.29, 0.717) is 23.0 Å². The Kier molecular flexibility index (Phi) is 7.87. The van der Waals surface area contributed by atoms with Gasteiger partial charge in [0, 0.05) is 19.5 Å². The van der Waals surface area contributed by atoms with Crippen molar-refractivity contribution >= 4 is 51.2 Å². The van der Waals surface area contributed by atoms with Crippen molar-refractivity contribution in [3.63, 3.8) is 0 Å². The average molecular weight is 473 g/mol. The largest absolute Gasteiger partial charge is 0.481 e. The van der Waals surface area contributed by atoms with Crippen molar-refractivity contribution in [2.45, 2.75) is 29.9 Å². The monoisotopic (exact) mass is 472 g/mol. The molecule has 2 unspecified atom stereocenters. The molecule has 3 aromatic rings. The molecule has 1 heterocycles. The molecule has 0 spiro atoms. The van der Waals surface area contributed by atoms with Crippen LogP contribution in [0.3, 0.4) is 0 Å². The van der Waals surface area contributed by atoms with Crippen LogP contribution in [0.1, 0.15) is 41.4 Å². The van der Waals surface area contributed by atoms with Gasteiger partial charge in [-0.25, -0.2) is 9.78 Å². The zero-order valence-corrected chi connectivity index (χ0v) is 19.4. The summed E-state index contributed by atoms with van der Waals surface area (Å²) in [5.41, 5.74) is 1.58. The van der Waals surface area contributed by atoms with Gasteiger partial charge >= 0.3 is 11.9 Å². The second-order valence-corrected chi connectivity index (χ2v) is 9.55. The number of rotatable bonds is 10. The van der Waals surface area contributed by atoms with Gasteiger partial charge in [0.25, 0.3) is 0 Å². The van der Waals surface area contributed by atoms with Crippen molar-refractivity contribution < 1.29 is 24.6 Å². The number of carboxylic acid groups (broad SMARTS) is 2. The predicted molar refractivity (Wildman–Crippen MR) is 125 cm³/mol. The normalized spacial score (nSPS) is 12.9. The number of hydrogen-bond acceptors (Lipinski definition) is 6. The molecule has 0 fully saturated rings. The minimum atomic E-state index is -1.08. The average Bonchev–Trinajstić information content (AvgIpc) is 3.19. The first kappa shape index (κ1) is 23.7. The topological polar surface area (TPSA) is 108 Å². The number of carboxylic acids is 2. The van der Waals surface area contributed by atoms with Crippen molar-refractivity contribution in [1.29, 1.82) is 0 Å². The summed E-state index contributed by atoms with van der Waals surface area (Å²) in [4.78, 5) is 42.5. The number of aromatic carboxylic acids is 1. The van der Waals surface area contributed by atoms with Crippen molar-refractivity contribution in [3.8, 4) is 0 Å². The third kappa shape index (κ3) is 5.46. The minimum Gasteiger partial charge on any atom is -0.481 e. The lowest BCUT2D eigenvalue weighted by Crippen LogP contribution is -2.34. The van der Waals surface area contributed by atoms with Crippen LogP contribution in [0, 0.1) is 5.92 Å². The summed E-state index contributed by atoms with van der Waals surface area (Å²) >= 11 is 2.76. The molecular formula is C23H24N2O5S2. The molecule has 0 aliphatic rings. The van der Waals surface area contributed by atoms with Crippen LogP contribution < -0.4 is 0 Å². The Morgan fingerprint density at radius 2 is 1.69 bits per heavy atom. The Balaban J connectivity index is 1.99. The molecule has 9 heteroatoms. The molecule has 0 saturated carbocycles. The number of thiazole rings is 1. The number of aliphatic carboxylic acids is 1. The second-order valence-electron chi connectivity index (χ2n) is 7.13. The Morgan fingerprint density at radius 3 is 2.25 bits per heavy atom. The van der Waals surface area contributed by atoms with Crippen LogP contribution in [-0.4, -0.2) is 51.0 Å². The maximum absolute atomic E-state index is 12.8. The number of carbonyl (C=O) groups is 3. The zero-order chi connectivity index (χ0) is 23.3. The standard InChI is InChI=1S/C23H24N2O5S2/c1-3-25(4-2)19(26)13-16(22(29)30)20(14-9-11-15(12-10-14)21(27)28)32-23-24-17-7-5-6-8-18(17)31-23/h5-12,16,20H,3-4,13H2,1-2H3,(H,27,28)(H,29,30). The fraction of sp³-hybridized carbons (Fsp3) is 0.304. The summed E-state index contributed by atoms with van der Waals surface area (Å²) in [6.45, 7) is 4.72. The molecule has 3 rings (SSSR count). The van der Waals surface area contributed by atoms with Crippen molar-refractivity contribution in [1.82, 2.24) is 9.88 Å². The van der Waals surface area contributed by atoms with Gasteiger partial charge in [0.2, 0.25) is 5.91 Å². The van der Waals surface area contributed by atoms with E-state index in [4.69, 9.17) is 0 Å². The van der Waals surface area contributed by atoms with E-state index in [1.807, 2.05) is 38.1 Å². The lowest BCUT2D eigenvalue weighted by atomic mass is 9.94. The lowest BCUT2D eigenvalue weighted by molar-refractivity contribution is -0.146. The van der Waals surface area contributed by atoms with Gasteiger partial charge in [0.15, 0.2) is 4.34 Å². The van der Waals surface area contributed by atoms with Gasteiger partial charge in [-0.3, -0.25) is 9.59 Å². The van der Waals surface area contributed by atoms with E-state index >= 15 is 0 Å². The molecule has 0 radical (unpaired) electrons.